The fraction of sp³-hybridized carbons (Fsp3) is 0.111. The third-order valence-corrected chi connectivity index (χ3v) is 3.57. The van der Waals surface area contributed by atoms with Crippen molar-refractivity contribution in [2.75, 3.05) is 5.43 Å². The van der Waals surface area contributed by atoms with Gasteiger partial charge in [0.25, 0.3) is 5.56 Å². The Bertz CT molecular complexity index is 874. The molecule has 2 aromatic carbocycles. The van der Waals surface area contributed by atoms with Gasteiger partial charge in [0, 0.05) is 5.69 Å². The summed E-state index contributed by atoms with van der Waals surface area (Å²) in [6.45, 7) is 3.89. The highest BCUT2D eigenvalue weighted by Crippen LogP contribution is 2.09. The molecule has 1 aromatic heterocycles. The van der Waals surface area contributed by atoms with Gasteiger partial charge in [0.1, 0.15) is 0 Å². The zero-order chi connectivity index (χ0) is 16.2. The first-order valence-corrected chi connectivity index (χ1v) is 7.38. The number of rotatable bonds is 4. The van der Waals surface area contributed by atoms with Gasteiger partial charge in [0.05, 0.1) is 23.2 Å². The Morgan fingerprint density at radius 3 is 2.43 bits per heavy atom. The van der Waals surface area contributed by atoms with E-state index in [4.69, 9.17) is 0 Å². The van der Waals surface area contributed by atoms with Crippen molar-refractivity contribution in [2.24, 2.45) is 5.10 Å². The van der Waals surface area contributed by atoms with E-state index in [1.807, 2.05) is 68.4 Å². The van der Waals surface area contributed by atoms with Gasteiger partial charge in [-0.25, -0.2) is 4.68 Å². The van der Waals surface area contributed by atoms with Crippen molar-refractivity contribution in [3.8, 4) is 5.69 Å². The molecule has 0 bridgehead atoms. The van der Waals surface area contributed by atoms with Crippen LogP contribution < -0.4 is 11.0 Å². The minimum atomic E-state index is -0.122. The molecule has 0 radical (unpaired) electrons. The molecule has 0 aliphatic carbocycles. The van der Waals surface area contributed by atoms with Gasteiger partial charge < -0.3 is 0 Å². The van der Waals surface area contributed by atoms with Crippen LogP contribution in [0.25, 0.3) is 5.69 Å². The van der Waals surface area contributed by atoms with E-state index in [0.29, 0.717) is 5.56 Å². The van der Waals surface area contributed by atoms with Crippen molar-refractivity contribution in [1.29, 1.82) is 0 Å². The Labute approximate surface area is 134 Å². The number of anilines is 1. The Balaban J connectivity index is 1.83. The topological polar surface area (TPSA) is 62.2 Å². The third kappa shape index (κ3) is 3.23. The number of hydrogen-bond acceptors (Lipinski definition) is 3. The molecule has 0 fully saturated rings. The molecule has 23 heavy (non-hydrogen) atoms. The quantitative estimate of drug-likeness (QED) is 0.574. The number of benzene rings is 2. The number of aromatic amines is 1. The van der Waals surface area contributed by atoms with Crippen LogP contribution in [-0.4, -0.2) is 16.0 Å². The van der Waals surface area contributed by atoms with Crippen molar-refractivity contribution >= 4 is 11.9 Å². The second-order valence-electron chi connectivity index (χ2n) is 5.36. The Morgan fingerprint density at radius 1 is 1.04 bits per heavy atom. The van der Waals surface area contributed by atoms with Crippen molar-refractivity contribution in [2.45, 2.75) is 13.8 Å². The van der Waals surface area contributed by atoms with E-state index in [1.165, 1.54) is 10.2 Å². The summed E-state index contributed by atoms with van der Waals surface area (Å²) < 4.78 is 1.52. The smallest absolute Gasteiger partial charge is 0.280 e. The monoisotopic (exact) mass is 306 g/mol. The highest BCUT2D eigenvalue weighted by Gasteiger charge is 2.10. The number of hydrogen-bond donors (Lipinski definition) is 2. The molecule has 0 aliphatic rings. The molecule has 0 saturated carbocycles. The maximum absolute atomic E-state index is 12.5. The number of hydrazone groups is 1. The molecule has 0 spiro atoms. The fourth-order valence-corrected chi connectivity index (χ4v) is 2.27. The van der Waals surface area contributed by atoms with Gasteiger partial charge in [-0.05, 0) is 38.1 Å². The second-order valence-corrected chi connectivity index (χ2v) is 5.36. The molecule has 0 unspecified atom stereocenters. The van der Waals surface area contributed by atoms with Crippen LogP contribution in [0.1, 0.15) is 16.8 Å². The van der Waals surface area contributed by atoms with Gasteiger partial charge in [0.2, 0.25) is 0 Å². The molecule has 1 heterocycles. The average molecular weight is 306 g/mol. The molecular weight excluding hydrogens is 288 g/mol. The fourth-order valence-electron chi connectivity index (χ4n) is 2.27. The molecule has 0 saturated heterocycles. The summed E-state index contributed by atoms with van der Waals surface area (Å²) in [4.78, 5) is 12.5. The van der Waals surface area contributed by atoms with E-state index in [-0.39, 0.29) is 5.56 Å². The van der Waals surface area contributed by atoms with Gasteiger partial charge in [-0.3, -0.25) is 15.3 Å². The maximum Gasteiger partial charge on any atom is 0.280 e. The first-order valence-electron chi connectivity index (χ1n) is 7.38. The van der Waals surface area contributed by atoms with Gasteiger partial charge in [0.15, 0.2) is 0 Å². The number of nitrogens with zero attached hydrogens (tertiary/aromatic N) is 2. The molecule has 0 aliphatic heterocycles. The zero-order valence-corrected chi connectivity index (χ0v) is 13.1. The number of nitrogens with one attached hydrogen (secondary N) is 2. The van der Waals surface area contributed by atoms with E-state index in [1.54, 1.807) is 6.21 Å². The lowest BCUT2D eigenvalue weighted by Gasteiger charge is -1.99. The van der Waals surface area contributed by atoms with Gasteiger partial charge in [-0.15, -0.1) is 0 Å². The van der Waals surface area contributed by atoms with Crippen LogP contribution >= 0.6 is 0 Å². The molecule has 116 valence electrons. The lowest BCUT2D eigenvalue weighted by molar-refractivity contribution is 0.835. The van der Waals surface area contributed by atoms with Crippen LogP contribution in [0.5, 0.6) is 0 Å². The van der Waals surface area contributed by atoms with Crippen molar-refractivity contribution in [3.05, 3.63) is 81.8 Å². The lowest BCUT2D eigenvalue weighted by Crippen LogP contribution is -2.17. The van der Waals surface area contributed by atoms with Crippen molar-refractivity contribution in [3.63, 3.8) is 0 Å². The highest BCUT2D eigenvalue weighted by atomic mass is 16.1. The standard InChI is InChI=1S/C18H18N4O/c1-13-8-10-15(11-9-13)20-19-12-17-14(2)21-22(18(17)23)16-6-4-3-5-7-16/h3-12,20-21H,1-2H3/b19-12-. The minimum Gasteiger partial charge on any atom is -0.295 e. The molecular formula is C18H18N4O. The van der Waals surface area contributed by atoms with Crippen molar-refractivity contribution < 1.29 is 0 Å². The summed E-state index contributed by atoms with van der Waals surface area (Å²) in [5, 5.41) is 7.23. The zero-order valence-electron chi connectivity index (χ0n) is 13.1. The van der Waals surface area contributed by atoms with E-state index in [9.17, 15) is 4.79 Å². The first kappa shape index (κ1) is 14.8. The normalized spacial score (nSPS) is 11.0. The summed E-state index contributed by atoms with van der Waals surface area (Å²) >= 11 is 0. The third-order valence-electron chi connectivity index (χ3n) is 3.57. The Hall–Kier alpha value is -3.08. The van der Waals surface area contributed by atoms with Gasteiger partial charge >= 0.3 is 0 Å². The average Bonchev–Trinajstić information content (AvgIpc) is 2.85. The molecule has 0 amide bonds. The SMILES string of the molecule is Cc1ccc(N/N=C\c2c(C)[nH]n(-c3ccccc3)c2=O)cc1. The number of H-pyrrole nitrogens is 1. The van der Waals surface area contributed by atoms with Crippen LogP contribution in [0.15, 0.2) is 64.5 Å². The predicted octanol–water partition coefficient (Wildman–Crippen LogP) is 3.23. The van der Waals surface area contributed by atoms with E-state index in [2.05, 4.69) is 15.6 Å². The van der Waals surface area contributed by atoms with Crippen LogP contribution in [0.3, 0.4) is 0 Å². The Kier molecular flexibility index (Phi) is 4.10. The molecule has 0 atom stereocenters. The molecule has 3 rings (SSSR count). The minimum absolute atomic E-state index is 0.122. The lowest BCUT2D eigenvalue weighted by atomic mass is 10.2. The molecule has 3 aromatic rings. The number of para-hydroxylation sites is 1. The first-order chi connectivity index (χ1) is 11.1. The predicted molar refractivity (Wildman–Crippen MR) is 93.5 cm³/mol. The summed E-state index contributed by atoms with van der Waals surface area (Å²) in [6.07, 6.45) is 1.55. The summed E-state index contributed by atoms with van der Waals surface area (Å²) in [5.41, 5.74) is 6.98. The van der Waals surface area contributed by atoms with Gasteiger partial charge in [-0.1, -0.05) is 35.9 Å². The molecule has 5 heteroatoms. The van der Waals surface area contributed by atoms with Crippen molar-refractivity contribution in [1.82, 2.24) is 9.78 Å². The van der Waals surface area contributed by atoms with Crippen LogP contribution in [0, 0.1) is 13.8 Å². The van der Waals surface area contributed by atoms with Crippen LogP contribution in [0.4, 0.5) is 5.69 Å². The summed E-state index contributed by atoms with van der Waals surface area (Å²) in [7, 11) is 0. The van der Waals surface area contributed by atoms with Crippen LogP contribution in [-0.2, 0) is 0 Å². The highest BCUT2D eigenvalue weighted by molar-refractivity contribution is 5.81. The number of aromatic nitrogens is 2. The molecule has 2 N–H and O–H groups in total. The van der Waals surface area contributed by atoms with Gasteiger partial charge in [-0.2, -0.15) is 5.10 Å². The summed E-state index contributed by atoms with van der Waals surface area (Å²) in [5.74, 6) is 0. The maximum atomic E-state index is 12.5. The van der Waals surface area contributed by atoms with Crippen LogP contribution in [0.2, 0.25) is 0 Å². The Morgan fingerprint density at radius 2 is 1.74 bits per heavy atom. The second kappa shape index (κ2) is 6.36. The summed E-state index contributed by atoms with van der Waals surface area (Å²) in [6, 6.07) is 17.3. The molecule has 5 nitrogen and oxygen atoms in total. The van der Waals surface area contributed by atoms with E-state index < -0.39 is 0 Å². The largest absolute Gasteiger partial charge is 0.295 e. The van der Waals surface area contributed by atoms with E-state index >= 15 is 0 Å². The van der Waals surface area contributed by atoms with E-state index in [0.717, 1.165) is 17.1 Å². The number of aryl methyl sites for hydroxylation is 2.